The first kappa shape index (κ1) is 12.1. The number of allylic oxidation sites excluding steroid dienone is 2. The fourth-order valence-electron chi connectivity index (χ4n) is 2.02. The Labute approximate surface area is 109 Å². The predicted octanol–water partition coefficient (Wildman–Crippen LogP) is 4.85. The third kappa shape index (κ3) is 3.08. The van der Waals surface area contributed by atoms with Crippen LogP contribution in [0.25, 0.3) is 0 Å². The molecule has 1 atom stereocenters. The van der Waals surface area contributed by atoms with Crippen LogP contribution in [0.3, 0.4) is 0 Å². The van der Waals surface area contributed by atoms with E-state index in [0.29, 0.717) is 6.42 Å². The average molecular weight is 304 g/mol. The molecule has 0 bridgehead atoms. The molecular weight excluding hydrogens is 290 g/mol. The maximum absolute atomic E-state index is 13.5. The first-order chi connectivity index (χ1) is 7.65. The Bertz CT molecular complexity index is 414. The summed E-state index contributed by atoms with van der Waals surface area (Å²) in [5.41, 5.74) is 2.00. The Kier molecular flexibility index (Phi) is 4.04. The SMILES string of the molecule is Fc1ccc(Br)cc1CC1=CC(Cl)CCC1. The Morgan fingerprint density at radius 3 is 3.00 bits per heavy atom. The molecule has 1 aromatic rings. The molecule has 0 saturated heterocycles. The molecule has 1 unspecified atom stereocenters. The Morgan fingerprint density at radius 1 is 1.44 bits per heavy atom. The minimum atomic E-state index is -0.138. The Morgan fingerprint density at radius 2 is 2.25 bits per heavy atom. The van der Waals surface area contributed by atoms with Crippen LogP contribution < -0.4 is 0 Å². The highest BCUT2D eigenvalue weighted by molar-refractivity contribution is 9.10. The summed E-state index contributed by atoms with van der Waals surface area (Å²) in [4.78, 5) is 0. The van der Waals surface area contributed by atoms with Crippen LogP contribution in [0.4, 0.5) is 4.39 Å². The van der Waals surface area contributed by atoms with Gasteiger partial charge in [0.1, 0.15) is 5.82 Å². The van der Waals surface area contributed by atoms with Gasteiger partial charge in [0, 0.05) is 4.47 Å². The number of hydrogen-bond donors (Lipinski definition) is 0. The van der Waals surface area contributed by atoms with Gasteiger partial charge in [0.15, 0.2) is 0 Å². The largest absolute Gasteiger partial charge is 0.207 e. The van der Waals surface area contributed by atoms with Crippen LogP contribution in [0.2, 0.25) is 0 Å². The zero-order valence-electron chi connectivity index (χ0n) is 8.85. The fourth-order valence-corrected chi connectivity index (χ4v) is 2.76. The molecule has 0 amide bonds. The molecule has 0 heterocycles. The lowest BCUT2D eigenvalue weighted by Crippen LogP contribution is -2.06. The molecule has 0 aromatic heterocycles. The molecule has 86 valence electrons. The number of alkyl halides is 1. The average Bonchev–Trinajstić information content (AvgIpc) is 2.24. The lowest BCUT2D eigenvalue weighted by Gasteiger charge is -2.16. The van der Waals surface area contributed by atoms with Crippen LogP contribution in [0, 0.1) is 5.82 Å². The molecule has 0 N–H and O–H groups in total. The number of rotatable bonds is 2. The predicted molar refractivity (Wildman–Crippen MR) is 69.4 cm³/mol. The van der Waals surface area contributed by atoms with Gasteiger partial charge in [-0.3, -0.25) is 0 Å². The van der Waals surface area contributed by atoms with Gasteiger partial charge in [-0.25, -0.2) is 4.39 Å². The van der Waals surface area contributed by atoms with Gasteiger partial charge >= 0.3 is 0 Å². The quantitative estimate of drug-likeness (QED) is 0.541. The summed E-state index contributed by atoms with van der Waals surface area (Å²) in [6.07, 6.45) is 5.93. The highest BCUT2D eigenvalue weighted by Gasteiger charge is 2.13. The fraction of sp³-hybridized carbons (Fsp3) is 0.385. The zero-order chi connectivity index (χ0) is 11.5. The zero-order valence-corrected chi connectivity index (χ0v) is 11.2. The second-order valence-electron chi connectivity index (χ2n) is 4.15. The monoisotopic (exact) mass is 302 g/mol. The molecule has 3 heteroatoms. The van der Waals surface area contributed by atoms with Crippen LogP contribution in [0.15, 0.2) is 34.3 Å². The second-order valence-corrected chi connectivity index (χ2v) is 5.62. The van der Waals surface area contributed by atoms with Crippen molar-refractivity contribution >= 4 is 27.5 Å². The summed E-state index contributed by atoms with van der Waals surface area (Å²) in [6, 6.07) is 5.06. The number of benzene rings is 1. The third-order valence-electron chi connectivity index (χ3n) is 2.82. The molecular formula is C13H13BrClF. The molecule has 0 nitrogen and oxygen atoms in total. The summed E-state index contributed by atoms with van der Waals surface area (Å²) < 4.78 is 14.5. The van der Waals surface area contributed by atoms with Crippen LogP contribution >= 0.6 is 27.5 Å². The normalized spacial score (nSPS) is 20.7. The minimum absolute atomic E-state index is 0.124. The van der Waals surface area contributed by atoms with Gasteiger partial charge in [-0.2, -0.15) is 0 Å². The number of halogens is 3. The molecule has 16 heavy (non-hydrogen) atoms. The van der Waals surface area contributed by atoms with Gasteiger partial charge in [0.25, 0.3) is 0 Å². The van der Waals surface area contributed by atoms with E-state index >= 15 is 0 Å². The van der Waals surface area contributed by atoms with Gasteiger partial charge < -0.3 is 0 Å². The molecule has 0 aliphatic heterocycles. The maximum atomic E-state index is 13.5. The first-order valence-corrected chi connectivity index (χ1v) is 6.65. The maximum Gasteiger partial charge on any atom is 0.126 e. The van der Waals surface area contributed by atoms with Crippen molar-refractivity contribution in [3.8, 4) is 0 Å². The van der Waals surface area contributed by atoms with Gasteiger partial charge in [-0.05, 0) is 49.4 Å². The van der Waals surface area contributed by atoms with Gasteiger partial charge in [-0.15, -0.1) is 11.6 Å². The van der Waals surface area contributed by atoms with Crippen LogP contribution in [-0.2, 0) is 6.42 Å². The summed E-state index contributed by atoms with van der Waals surface area (Å²) in [5.74, 6) is -0.138. The van der Waals surface area contributed by atoms with Crippen molar-refractivity contribution in [1.29, 1.82) is 0 Å². The topological polar surface area (TPSA) is 0 Å². The van der Waals surface area contributed by atoms with Gasteiger partial charge in [0.05, 0.1) is 5.38 Å². The lowest BCUT2D eigenvalue weighted by molar-refractivity contribution is 0.608. The first-order valence-electron chi connectivity index (χ1n) is 5.43. The summed E-state index contributed by atoms with van der Waals surface area (Å²) in [6.45, 7) is 0. The summed E-state index contributed by atoms with van der Waals surface area (Å²) in [7, 11) is 0. The van der Waals surface area contributed by atoms with Crippen molar-refractivity contribution < 1.29 is 4.39 Å². The third-order valence-corrected chi connectivity index (χ3v) is 3.66. The molecule has 1 aromatic carbocycles. The highest BCUT2D eigenvalue weighted by Crippen LogP contribution is 2.26. The van der Waals surface area contributed by atoms with E-state index in [9.17, 15) is 4.39 Å². The standard InChI is InChI=1S/C13H13BrClF/c14-11-4-5-13(16)10(8-11)6-9-2-1-3-12(15)7-9/h4-5,7-8,12H,1-3,6H2. The molecule has 2 rings (SSSR count). The van der Waals surface area contributed by atoms with Crippen molar-refractivity contribution in [1.82, 2.24) is 0 Å². The highest BCUT2D eigenvalue weighted by atomic mass is 79.9. The van der Waals surface area contributed by atoms with Crippen LogP contribution in [-0.4, -0.2) is 5.38 Å². The summed E-state index contributed by atoms with van der Waals surface area (Å²) in [5, 5.41) is 0.124. The van der Waals surface area contributed by atoms with Crippen molar-refractivity contribution in [3.05, 3.63) is 45.7 Å². The lowest BCUT2D eigenvalue weighted by atomic mass is 9.94. The van der Waals surface area contributed by atoms with E-state index in [2.05, 4.69) is 22.0 Å². The number of hydrogen-bond acceptors (Lipinski definition) is 0. The van der Waals surface area contributed by atoms with E-state index in [1.165, 1.54) is 11.6 Å². The van der Waals surface area contributed by atoms with Crippen LogP contribution in [0.1, 0.15) is 24.8 Å². The molecule has 0 saturated carbocycles. The van der Waals surface area contributed by atoms with Crippen molar-refractivity contribution in [2.45, 2.75) is 31.1 Å². The van der Waals surface area contributed by atoms with E-state index in [1.807, 2.05) is 6.07 Å². The molecule has 1 aliphatic rings. The second kappa shape index (κ2) is 5.33. The van der Waals surface area contributed by atoms with E-state index in [1.54, 1.807) is 6.07 Å². The van der Waals surface area contributed by atoms with E-state index in [-0.39, 0.29) is 11.2 Å². The van der Waals surface area contributed by atoms with Gasteiger partial charge in [-0.1, -0.05) is 27.6 Å². The Balaban J connectivity index is 2.17. The Hall–Kier alpha value is -0.340. The molecule has 1 aliphatic carbocycles. The van der Waals surface area contributed by atoms with Crippen molar-refractivity contribution in [3.63, 3.8) is 0 Å². The van der Waals surface area contributed by atoms with E-state index < -0.39 is 0 Å². The minimum Gasteiger partial charge on any atom is -0.207 e. The van der Waals surface area contributed by atoms with E-state index in [0.717, 1.165) is 29.3 Å². The van der Waals surface area contributed by atoms with Gasteiger partial charge in [0.2, 0.25) is 0 Å². The molecule has 0 spiro atoms. The van der Waals surface area contributed by atoms with Crippen LogP contribution in [0.5, 0.6) is 0 Å². The smallest absolute Gasteiger partial charge is 0.126 e. The van der Waals surface area contributed by atoms with Crippen molar-refractivity contribution in [2.24, 2.45) is 0 Å². The summed E-state index contributed by atoms with van der Waals surface area (Å²) >= 11 is 9.43. The molecule has 0 radical (unpaired) electrons. The van der Waals surface area contributed by atoms with Crippen molar-refractivity contribution in [2.75, 3.05) is 0 Å². The molecule has 0 fully saturated rings. The van der Waals surface area contributed by atoms with E-state index in [4.69, 9.17) is 11.6 Å².